The third-order valence-corrected chi connectivity index (χ3v) is 3.05. The van der Waals surface area contributed by atoms with Gasteiger partial charge >= 0.3 is 0 Å². The van der Waals surface area contributed by atoms with Crippen molar-refractivity contribution < 1.29 is 4.74 Å². The zero-order valence-corrected chi connectivity index (χ0v) is 11.2. The second-order valence-corrected chi connectivity index (χ2v) is 4.64. The molecule has 0 unspecified atom stereocenters. The minimum atomic E-state index is -0.0803. The molecule has 0 amide bonds. The number of hydrogen-bond donors (Lipinski definition) is 1. The lowest BCUT2D eigenvalue weighted by Gasteiger charge is -2.09. The van der Waals surface area contributed by atoms with Crippen LogP contribution < -0.4 is 10.5 Å². The molecule has 1 atom stereocenters. The van der Waals surface area contributed by atoms with E-state index in [0.717, 1.165) is 22.3 Å². The molecule has 3 aromatic rings. The molecule has 2 heterocycles. The van der Waals surface area contributed by atoms with Gasteiger partial charge in [0, 0.05) is 17.6 Å². The maximum Gasteiger partial charge on any atom is 0.153 e. The van der Waals surface area contributed by atoms with E-state index < -0.39 is 0 Å². The number of nitrogens with zero attached hydrogens (tertiary/aromatic N) is 2. The molecule has 4 nitrogen and oxygen atoms in total. The smallest absolute Gasteiger partial charge is 0.153 e. The molecule has 0 spiro atoms. The second-order valence-electron chi connectivity index (χ2n) is 4.64. The molecule has 0 aliphatic rings. The molecule has 2 N–H and O–H groups in total. The van der Waals surface area contributed by atoms with E-state index in [9.17, 15) is 0 Å². The minimum absolute atomic E-state index is 0.0803. The number of benzene rings is 1. The van der Waals surface area contributed by atoms with Crippen molar-refractivity contribution >= 4 is 10.9 Å². The monoisotopic (exact) mass is 265 g/mol. The first-order valence-electron chi connectivity index (χ1n) is 6.47. The maximum absolute atomic E-state index is 5.86. The van der Waals surface area contributed by atoms with Crippen LogP contribution in [0.3, 0.4) is 0 Å². The number of hydrogen-bond acceptors (Lipinski definition) is 4. The van der Waals surface area contributed by atoms with Crippen molar-refractivity contribution in [1.82, 2.24) is 9.97 Å². The predicted octanol–water partition coefficient (Wildman–Crippen LogP) is 3.44. The molecule has 0 radical (unpaired) electrons. The lowest BCUT2D eigenvalue weighted by molar-refractivity contribution is 0.484. The van der Waals surface area contributed by atoms with Crippen molar-refractivity contribution in [2.75, 3.05) is 0 Å². The van der Waals surface area contributed by atoms with Crippen LogP contribution in [0.25, 0.3) is 10.9 Å². The summed E-state index contributed by atoms with van der Waals surface area (Å²) in [5.41, 5.74) is 7.46. The van der Waals surface area contributed by atoms with Crippen LogP contribution >= 0.6 is 0 Å². The summed E-state index contributed by atoms with van der Waals surface area (Å²) in [5.74, 6) is 1.39. The van der Waals surface area contributed by atoms with Crippen molar-refractivity contribution in [2.45, 2.75) is 13.0 Å². The molecule has 2 aromatic heterocycles. The number of pyridine rings is 2. The summed E-state index contributed by atoms with van der Waals surface area (Å²) in [5, 5.41) is 1.05. The lowest BCUT2D eigenvalue weighted by atomic mass is 10.2. The molecular formula is C16H15N3O. The van der Waals surface area contributed by atoms with Crippen LogP contribution in [0.5, 0.6) is 11.5 Å². The summed E-state index contributed by atoms with van der Waals surface area (Å²) in [6, 6.07) is 13.4. The van der Waals surface area contributed by atoms with Gasteiger partial charge in [-0.2, -0.15) is 0 Å². The number of para-hydroxylation sites is 1. The van der Waals surface area contributed by atoms with Gasteiger partial charge in [0.05, 0.1) is 11.9 Å². The molecule has 20 heavy (non-hydrogen) atoms. The Hall–Kier alpha value is -2.46. The zero-order chi connectivity index (χ0) is 13.9. The van der Waals surface area contributed by atoms with Gasteiger partial charge in [-0.1, -0.05) is 18.2 Å². The standard InChI is InChI=1S/C16H15N3O/c1-11(17)14-8-7-13(10-19-14)20-15-6-2-4-12-5-3-9-18-16(12)15/h2-11H,17H2,1H3/t11-/m0/s1. The highest BCUT2D eigenvalue weighted by Gasteiger charge is 2.05. The molecule has 0 saturated heterocycles. The van der Waals surface area contributed by atoms with Crippen molar-refractivity contribution in [3.05, 3.63) is 60.6 Å². The fourth-order valence-corrected chi connectivity index (χ4v) is 2.01. The summed E-state index contributed by atoms with van der Waals surface area (Å²) in [4.78, 5) is 8.64. The van der Waals surface area contributed by atoms with Gasteiger partial charge in [-0.25, -0.2) is 0 Å². The van der Waals surface area contributed by atoms with E-state index in [1.807, 2.05) is 49.4 Å². The van der Waals surface area contributed by atoms with Crippen LogP contribution in [0.4, 0.5) is 0 Å². The van der Waals surface area contributed by atoms with Crippen LogP contribution in [0, 0.1) is 0 Å². The van der Waals surface area contributed by atoms with Gasteiger partial charge in [0.1, 0.15) is 11.3 Å². The lowest BCUT2D eigenvalue weighted by Crippen LogP contribution is -2.06. The van der Waals surface area contributed by atoms with Gasteiger partial charge in [-0.15, -0.1) is 0 Å². The molecular weight excluding hydrogens is 250 g/mol. The Bertz CT molecular complexity index is 718. The van der Waals surface area contributed by atoms with Crippen molar-refractivity contribution in [3.8, 4) is 11.5 Å². The molecule has 1 aromatic carbocycles. The Labute approximate surface area is 117 Å². The average Bonchev–Trinajstić information content (AvgIpc) is 2.48. The summed E-state index contributed by atoms with van der Waals surface area (Å²) < 4.78 is 5.86. The van der Waals surface area contributed by atoms with E-state index in [-0.39, 0.29) is 6.04 Å². The largest absolute Gasteiger partial charge is 0.453 e. The van der Waals surface area contributed by atoms with Gasteiger partial charge in [-0.05, 0) is 31.2 Å². The number of aromatic nitrogens is 2. The minimum Gasteiger partial charge on any atom is -0.453 e. The summed E-state index contributed by atoms with van der Waals surface area (Å²) in [7, 11) is 0. The van der Waals surface area contributed by atoms with Gasteiger partial charge in [-0.3, -0.25) is 9.97 Å². The predicted molar refractivity (Wildman–Crippen MR) is 78.7 cm³/mol. The fraction of sp³-hybridized carbons (Fsp3) is 0.125. The summed E-state index contributed by atoms with van der Waals surface area (Å²) in [6.07, 6.45) is 3.44. The number of fused-ring (bicyclic) bond motifs is 1. The van der Waals surface area contributed by atoms with E-state index in [4.69, 9.17) is 10.5 Å². The van der Waals surface area contributed by atoms with Crippen molar-refractivity contribution in [3.63, 3.8) is 0 Å². The Kier molecular flexibility index (Phi) is 3.31. The highest BCUT2D eigenvalue weighted by molar-refractivity contribution is 5.84. The zero-order valence-electron chi connectivity index (χ0n) is 11.2. The molecule has 0 aliphatic heterocycles. The van der Waals surface area contributed by atoms with Crippen LogP contribution in [0.15, 0.2) is 54.9 Å². The average molecular weight is 265 g/mol. The van der Waals surface area contributed by atoms with Gasteiger partial charge < -0.3 is 10.5 Å². The van der Waals surface area contributed by atoms with Crippen LogP contribution in [0.2, 0.25) is 0 Å². The van der Waals surface area contributed by atoms with E-state index in [2.05, 4.69) is 9.97 Å². The Morgan fingerprint density at radius 3 is 2.65 bits per heavy atom. The normalized spacial score (nSPS) is 12.3. The molecule has 3 rings (SSSR count). The first kappa shape index (κ1) is 12.6. The molecule has 100 valence electrons. The second kappa shape index (κ2) is 5.27. The fourth-order valence-electron chi connectivity index (χ4n) is 2.01. The number of nitrogens with two attached hydrogens (primary N) is 1. The highest BCUT2D eigenvalue weighted by atomic mass is 16.5. The van der Waals surface area contributed by atoms with Gasteiger partial charge in [0.15, 0.2) is 5.75 Å². The topological polar surface area (TPSA) is 61.0 Å². The molecule has 4 heteroatoms. The van der Waals surface area contributed by atoms with Crippen LogP contribution in [0.1, 0.15) is 18.7 Å². The number of rotatable bonds is 3. The maximum atomic E-state index is 5.86. The van der Waals surface area contributed by atoms with Gasteiger partial charge in [0.2, 0.25) is 0 Å². The first-order chi connectivity index (χ1) is 9.74. The SMILES string of the molecule is C[C@H](N)c1ccc(Oc2cccc3cccnc23)cn1. The quantitative estimate of drug-likeness (QED) is 0.788. The van der Waals surface area contributed by atoms with E-state index in [1.54, 1.807) is 12.4 Å². The van der Waals surface area contributed by atoms with E-state index >= 15 is 0 Å². The molecule has 0 saturated carbocycles. The summed E-state index contributed by atoms with van der Waals surface area (Å²) >= 11 is 0. The highest BCUT2D eigenvalue weighted by Crippen LogP contribution is 2.28. The molecule has 0 fully saturated rings. The van der Waals surface area contributed by atoms with E-state index in [0.29, 0.717) is 5.75 Å². The van der Waals surface area contributed by atoms with Crippen LogP contribution in [-0.4, -0.2) is 9.97 Å². The van der Waals surface area contributed by atoms with Gasteiger partial charge in [0.25, 0.3) is 0 Å². The van der Waals surface area contributed by atoms with Crippen molar-refractivity contribution in [2.24, 2.45) is 5.73 Å². The summed E-state index contributed by atoms with van der Waals surface area (Å²) in [6.45, 7) is 1.90. The molecule has 0 aliphatic carbocycles. The number of ether oxygens (including phenoxy) is 1. The first-order valence-corrected chi connectivity index (χ1v) is 6.47. The van der Waals surface area contributed by atoms with Crippen LogP contribution in [-0.2, 0) is 0 Å². The Morgan fingerprint density at radius 2 is 1.90 bits per heavy atom. The van der Waals surface area contributed by atoms with Crippen molar-refractivity contribution in [1.29, 1.82) is 0 Å². The third-order valence-electron chi connectivity index (χ3n) is 3.05. The molecule has 0 bridgehead atoms. The third kappa shape index (κ3) is 2.46. The van der Waals surface area contributed by atoms with E-state index in [1.165, 1.54) is 0 Å². The Balaban J connectivity index is 1.93. The Morgan fingerprint density at radius 1 is 1.05 bits per heavy atom.